The molecule has 0 spiro atoms. The lowest BCUT2D eigenvalue weighted by Crippen LogP contribution is -2.47. The molecule has 0 saturated heterocycles. The SMILES string of the molecule is CCOC1CC(O)(c2c(Br)nnn2C)C1. The van der Waals surface area contributed by atoms with Crippen LogP contribution in [0.15, 0.2) is 4.60 Å². The minimum Gasteiger partial charge on any atom is -0.383 e. The van der Waals surface area contributed by atoms with Crippen LogP contribution in [0.25, 0.3) is 0 Å². The standard InChI is InChI=1S/C9H14BrN3O2/c1-3-15-6-4-9(14,5-6)7-8(10)11-12-13(7)2/h6,14H,3-5H2,1-2H3. The zero-order valence-electron chi connectivity index (χ0n) is 8.77. The van der Waals surface area contributed by atoms with Crippen LogP contribution < -0.4 is 0 Å². The Morgan fingerprint density at radius 3 is 2.80 bits per heavy atom. The second-order valence-corrected chi connectivity index (χ2v) is 4.62. The largest absolute Gasteiger partial charge is 0.383 e. The first-order chi connectivity index (χ1) is 7.07. The Morgan fingerprint density at radius 1 is 1.67 bits per heavy atom. The molecule has 6 heteroatoms. The van der Waals surface area contributed by atoms with Crippen molar-refractivity contribution in [1.29, 1.82) is 0 Å². The molecule has 1 fully saturated rings. The molecular formula is C9H14BrN3O2. The summed E-state index contributed by atoms with van der Waals surface area (Å²) in [5.74, 6) is 0. The fourth-order valence-corrected chi connectivity index (χ4v) is 2.76. The number of aryl methyl sites for hydroxylation is 1. The van der Waals surface area contributed by atoms with Gasteiger partial charge in [0.1, 0.15) is 11.3 Å². The highest BCUT2D eigenvalue weighted by atomic mass is 79.9. The van der Waals surface area contributed by atoms with Crippen LogP contribution in [0.3, 0.4) is 0 Å². The van der Waals surface area contributed by atoms with Gasteiger partial charge < -0.3 is 9.84 Å². The third kappa shape index (κ3) is 1.81. The quantitative estimate of drug-likeness (QED) is 0.893. The van der Waals surface area contributed by atoms with E-state index < -0.39 is 5.60 Å². The monoisotopic (exact) mass is 275 g/mol. The number of nitrogens with zero attached hydrogens (tertiary/aromatic N) is 3. The van der Waals surface area contributed by atoms with E-state index >= 15 is 0 Å². The highest BCUT2D eigenvalue weighted by Crippen LogP contribution is 2.44. The van der Waals surface area contributed by atoms with E-state index in [2.05, 4.69) is 26.2 Å². The van der Waals surface area contributed by atoms with E-state index in [1.54, 1.807) is 11.7 Å². The predicted molar refractivity (Wildman–Crippen MR) is 57.2 cm³/mol. The molecule has 1 heterocycles. The molecule has 1 aromatic heterocycles. The number of aliphatic hydroxyl groups is 1. The number of rotatable bonds is 3. The summed E-state index contributed by atoms with van der Waals surface area (Å²) in [7, 11) is 1.78. The third-order valence-electron chi connectivity index (χ3n) is 2.76. The summed E-state index contributed by atoms with van der Waals surface area (Å²) in [5.41, 5.74) is -0.102. The van der Waals surface area contributed by atoms with E-state index in [9.17, 15) is 5.11 Å². The van der Waals surface area contributed by atoms with E-state index in [0.29, 0.717) is 24.1 Å². The van der Waals surface area contributed by atoms with Crippen LogP contribution in [-0.4, -0.2) is 32.8 Å². The highest BCUT2D eigenvalue weighted by molar-refractivity contribution is 9.10. The van der Waals surface area contributed by atoms with Crippen LogP contribution in [0.4, 0.5) is 0 Å². The van der Waals surface area contributed by atoms with Gasteiger partial charge >= 0.3 is 0 Å². The third-order valence-corrected chi connectivity index (χ3v) is 3.29. The highest BCUT2D eigenvalue weighted by Gasteiger charge is 2.48. The van der Waals surface area contributed by atoms with Gasteiger partial charge in [0.05, 0.1) is 6.10 Å². The Morgan fingerprint density at radius 2 is 2.33 bits per heavy atom. The van der Waals surface area contributed by atoms with Crippen LogP contribution >= 0.6 is 15.9 Å². The molecule has 1 aromatic rings. The van der Waals surface area contributed by atoms with Crippen molar-refractivity contribution in [3.8, 4) is 0 Å². The second kappa shape index (κ2) is 3.84. The predicted octanol–water partition coefficient (Wildman–Crippen LogP) is 0.964. The number of hydrogen-bond donors (Lipinski definition) is 1. The number of halogens is 1. The fraction of sp³-hybridized carbons (Fsp3) is 0.778. The van der Waals surface area contributed by atoms with Gasteiger partial charge in [0.15, 0.2) is 4.60 Å². The Bertz CT molecular complexity index is 341. The van der Waals surface area contributed by atoms with Gasteiger partial charge in [-0.25, -0.2) is 4.68 Å². The van der Waals surface area contributed by atoms with Crippen molar-refractivity contribution >= 4 is 15.9 Å². The van der Waals surface area contributed by atoms with Gasteiger partial charge in [0, 0.05) is 26.5 Å². The van der Waals surface area contributed by atoms with Crippen molar-refractivity contribution in [2.24, 2.45) is 7.05 Å². The Hall–Kier alpha value is -0.460. The van der Waals surface area contributed by atoms with Crippen molar-refractivity contribution in [1.82, 2.24) is 15.0 Å². The average Bonchev–Trinajstić information content (AvgIpc) is 2.44. The first-order valence-corrected chi connectivity index (χ1v) is 5.76. The molecule has 2 rings (SSSR count). The normalized spacial score (nSPS) is 30.3. The maximum atomic E-state index is 10.3. The number of hydrogen-bond acceptors (Lipinski definition) is 4. The van der Waals surface area contributed by atoms with Crippen molar-refractivity contribution in [2.45, 2.75) is 31.5 Å². The number of aromatic nitrogens is 3. The molecule has 0 bridgehead atoms. The summed E-state index contributed by atoms with van der Waals surface area (Å²) < 4.78 is 7.64. The molecule has 1 aliphatic rings. The summed E-state index contributed by atoms with van der Waals surface area (Å²) in [6.07, 6.45) is 1.38. The van der Waals surface area contributed by atoms with Gasteiger partial charge in [-0.15, -0.1) is 5.10 Å². The van der Waals surface area contributed by atoms with Crippen LogP contribution in [0.2, 0.25) is 0 Å². The van der Waals surface area contributed by atoms with Gasteiger partial charge in [0.25, 0.3) is 0 Å². The number of ether oxygens (including phenoxy) is 1. The lowest BCUT2D eigenvalue weighted by molar-refractivity contribution is -0.146. The molecule has 1 aliphatic carbocycles. The molecule has 1 N–H and O–H groups in total. The molecule has 15 heavy (non-hydrogen) atoms. The van der Waals surface area contributed by atoms with Gasteiger partial charge in [-0.2, -0.15) is 0 Å². The molecule has 0 aromatic carbocycles. The molecule has 0 atom stereocenters. The Kier molecular flexibility index (Phi) is 2.83. The lowest BCUT2D eigenvalue weighted by atomic mass is 9.75. The molecule has 0 unspecified atom stereocenters. The minimum absolute atomic E-state index is 0.154. The Balaban J connectivity index is 2.13. The van der Waals surface area contributed by atoms with Crippen molar-refractivity contribution in [3.63, 3.8) is 0 Å². The van der Waals surface area contributed by atoms with Gasteiger partial charge in [-0.05, 0) is 22.9 Å². The first kappa shape index (κ1) is 11.0. The van der Waals surface area contributed by atoms with Crippen LogP contribution in [-0.2, 0) is 17.4 Å². The average molecular weight is 276 g/mol. The maximum absolute atomic E-state index is 10.3. The summed E-state index contributed by atoms with van der Waals surface area (Å²) in [6, 6.07) is 0. The summed E-state index contributed by atoms with van der Waals surface area (Å²) in [4.78, 5) is 0. The summed E-state index contributed by atoms with van der Waals surface area (Å²) in [6.45, 7) is 2.64. The molecular weight excluding hydrogens is 262 g/mol. The van der Waals surface area contributed by atoms with E-state index in [1.165, 1.54) is 0 Å². The van der Waals surface area contributed by atoms with Gasteiger partial charge in [-0.1, -0.05) is 5.21 Å². The molecule has 0 amide bonds. The van der Waals surface area contributed by atoms with E-state index in [1.807, 2.05) is 6.92 Å². The maximum Gasteiger partial charge on any atom is 0.154 e. The van der Waals surface area contributed by atoms with E-state index in [4.69, 9.17) is 4.74 Å². The smallest absolute Gasteiger partial charge is 0.154 e. The summed E-state index contributed by atoms with van der Waals surface area (Å²) in [5, 5.41) is 18.0. The zero-order chi connectivity index (χ0) is 11.1. The minimum atomic E-state index is -0.836. The van der Waals surface area contributed by atoms with Crippen molar-refractivity contribution < 1.29 is 9.84 Å². The second-order valence-electron chi connectivity index (χ2n) is 3.87. The van der Waals surface area contributed by atoms with Crippen molar-refractivity contribution in [3.05, 3.63) is 10.3 Å². The summed E-state index contributed by atoms with van der Waals surface area (Å²) >= 11 is 3.29. The molecule has 84 valence electrons. The van der Waals surface area contributed by atoms with E-state index in [0.717, 1.165) is 5.69 Å². The van der Waals surface area contributed by atoms with Crippen LogP contribution in [0.5, 0.6) is 0 Å². The van der Waals surface area contributed by atoms with Crippen molar-refractivity contribution in [2.75, 3.05) is 6.61 Å². The van der Waals surface area contributed by atoms with Gasteiger partial charge in [-0.3, -0.25) is 0 Å². The van der Waals surface area contributed by atoms with E-state index in [-0.39, 0.29) is 6.10 Å². The molecule has 0 aliphatic heterocycles. The molecule has 0 radical (unpaired) electrons. The first-order valence-electron chi connectivity index (χ1n) is 4.96. The van der Waals surface area contributed by atoms with Crippen LogP contribution in [0, 0.1) is 0 Å². The fourth-order valence-electron chi connectivity index (χ4n) is 2.07. The molecule has 1 saturated carbocycles. The lowest BCUT2D eigenvalue weighted by Gasteiger charge is -2.42. The van der Waals surface area contributed by atoms with Crippen LogP contribution in [0.1, 0.15) is 25.5 Å². The zero-order valence-corrected chi connectivity index (χ0v) is 10.4. The van der Waals surface area contributed by atoms with Gasteiger partial charge in [0.2, 0.25) is 0 Å². The topological polar surface area (TPSA) is 60.2 Å². The Labute approximate surface area is 96.6 Å². The molecule has 5 nitrogen and oxygen atoms in total.